The minimum absolute atomic E-state index is 0.141. The van der Waals surface area contributed by atoms with Gasteiger partial charge in [0.1, 0.15) is 11.4 Å². The Kier molecular flexibility index (Phi) is 7.04. The zero-order valence-electron chi connectivity index (χ0n) is 17.1. The maximum atomic E-state index is 12.1. The highest BCUT2D eigenvalue weighted by Gasteiger charge is 2.16. The number of carbonyl (C=O) groups excluding carboxylic acids is 2. The molecule has 0 saturated heterocycles. The Labute approximate surface area is 166 Å². The number of benzene rings is 2. The van der Waals surface area contributed by atoms with Crippen LogP contribution in [0, 0.1) is 13.8 Å². The van der Waals surface area contributed by atoms with E-state index in [0.717, 1.165) is 16.9 Å². The lowest BCUT2D eigenvalue weighted by Crippen LogP contribution is -2.27. The molecule has 0 aliphatic heterocycles. The summed E-state index contributed by atoms with van der Waals surface area (Å²) in [6.45, 7) is 9.72. The molecule has 0 aromatic heterocycles. The van der Waals surface area contributed by atoms with Gasteiger partial charge in [-0.05, 0) is 76.1 Å². The molecular formula is C22H28N2O4. The van der Waals surface area contributed by atoms with Crippen molar-refractivity contribution in [1.82, 2.24) is 0 Å². The van der Waals surface area contributed by atoms with E-state index >= 15 is 0 Å². The van der Waals surface area contributed by atoms with Crippen molar-refractivity contribution < 1.29 is 19.1 Å². The van der Waals surface area contributed by atoms with Gasteiger partial charge >= 0.3 is 6.09 Å². The molecule has 0 atom stereocenters. The average Bonchev–Trinajstić information content (AvgIpc) is 2.59. The summed E-state index contributed by atoms with van der Waals surface area (Å²) in [5, 5.41) is 5.46. The van der Waals surface area contributed by atoms with Crippen molar-refractivity contribution in [1.29, 1.82) is 0 Å². The first kappa shape index (κ1) is 21.3. The van der Waals surface area contributed by atoms with Gasteiger partial charge in [-0.15, -0.1) is 0 Å². The minimum atomic E-state index is -0.558. The Bertz CT molecular complexity index is 823. The monoisotopic (exact) mass is 384 g/mol. The summed E-state index contributed by atoms with van der Waals surface area (Å²) in [5.74, 6) is 0.656. The fourth-order valence-electron chi connectivity index (χ4n) is 2.42. The van der Waals surface area contributed by atoms with Crippen LogP contribution in [-0.2, 0) is 9.53 Å². The summed E-state index contributed by atoms with van der Waals surface area (Å²) >= 11 is 0. The molecule has 0 heterocycles. The summed E-state index contributed by atoms with van der Waals surface area (Å²) in [7, 11) is 0. The van der Waals surface area contributed by atoms with Gasteiger partial charge in [0.15, 0.2) is 0 Å². The molecule has 2 rings (SSSR count). The Morgan fingerprint density at radius 3 is 2.14 bits per heavy atom. The summed E-state index contributed by atoms with van der Waals surface area (Å²) < 4.78 is 10.9. The Hall–Kier alpha value is -3.02. The van der Waals surface area contributed by atoms with Crippen molar-refractivity contribution in [3.8, 4) is 5.75 Å². The minimum Gasteiger partial charge on any atom is -0.493 e. The number of carbonyl (C=O) groups is 2. The average molecular weight is 384 g/mol. The molecule has 0 aliphatic carbocycles. The van der Waals surface area contributed by atoms with E-state index < -0.39 is 11.7 Å². The molecule has 150 valence electrons. The molecule has 2 aromatic rings. The van der Waals surface area contributed by atoms with Gasteiger partial charge in [-0.3, -0.25) is 10.1 Å². The molecule has 2 aromatic carbocycles. The van der Waals surface area contributed by atoms with Crippen LogP contribution in [0.4, 0.5) is 16.2 Å². The predicted molar refractivity (Wildman–Crippen MR) is 111 cm³/mol. The van der Waals surface area contributed by atoms with Gasteiger partial charge in [0.05, 0.1) is 13.0 Å². The quantitative estimate of drug-likeness (QED) is 0.730. The highest BCUT2D eigenvalue weighted by molar-refractivity contribution is 5.91. The van der Waals surface area contributed by atoms with Crippen LogP contribution in [0.2, 0.25) is 0 Å². The van der Waals surface area contributed by atoms with Crippen LogP contribution in [0.15, 0.2) is 42.5 Å². The molecule has 0 radical (unpaired) electrons. The standard InChI is InChI=1S/C22H28N2O4/c1-15-7-6-8-19(16(15)2)27-14-13-20(25)23-17-9-11-18(12-10-17)24-21(26)28-22(3,4)5/h6-12H,13-14H2,1-5H3,(H,23,25)(H,24,26). The van der Waals surface area contributed by atoms with Gasteiger partial charge in [0, 0.05) is 11.4 Å². The number of hydrogen-bond donors (Lipinski definition) is 2. The number of rotatable bonds is 6. The maximum absolute atomic E-state index is 12.1. The SMILES string of the molecule is Cc1cccc(OCCC(=O)Nc2ccc(NC(=O)OC(C)(C)C)cc2)c1C. The lowest BCUT2D eigenvalue weighted by molar-refractivity contribution is -0.116. The van der Waals surface area contributed by atoms with E-state index in [1.807, 2.05) is 32.0 Å². The van der Waals surface area contributed by atoms with Gasteiger partial charge < -0.3 is 14.8 Å². The molecular weight excluding hydrogens is 356 g/mol. The van der Waals surface area contributed by atoms with Crippen molar-refractivity contribution in [2.45, 2.75) is 46.6 Å². The van der Waals surface area contributed by atoms with Crippen LogP contribution in [0.5, 0.6) is 5.75 Å². The van der Waals surface area contributed by atoms with Crippen molar-refractivity contribution >= 4 is 23.4 Å². The molecule has 0 spiro atoms. The molecule has 0 fully saturated rings. The van der Waals surface area contributed by atoms with E-state index in [0.29, 0.717) is 18.0 Å². The molecule has 6 nitrogen and oxygen atoms in total. The van der Waals surface area contributed by atoms with Crippen molar-refractivity contribution in [3.05, 3.63) is 53.6 Å². The highest BCUT2D eigenvalue weighted by Crippen LogP contribution is 2.21. The number of anilines is 2. The van der Waals surface area contributed by atoms with Gasteiger partial charge in [-0.25, -0.2) is 4.79 Å². The van der Waals surface area contributed by atoms with Crippen LogP contribution in [0.3, 0.4) is 0 Å². The molecule has 6 heteroatoms. The molecule has 0 saturated carbocycles. The third kappa shape index (κ3) is 6.95. The van der Waals surface area contributed by atoms with Gasteiger partial charge in [-0.2, -0.15) is 0 Å². The summed E-state index contributed by atoms with van der Waals surface area (Å²) in [6, 6.07) is 12.7. The first-order chi connectivity index (χ1) is 13.1. The Morgan fingerprint density at radius 1 is 0.929 bits per heavy atom. The third-order valence-electron chi connectivity index (χ3n) is 3.96. The lowest BCUT2D eigenvalue weighted by Gasteiger charge is -2.19. The fourth-order valence-corrected chi connectivity index (χ4v) is 2.42. The number of amides is 2. The maximum Gasteiger partial charge on any atom is 0.412 e. The predicted octanol–water partition coefficient (Wildman–Crippen LogP) is 5.06. The molecule has 28 heavy (non-hydrogen) atoms. The first-order valence-corrected chi connectivity index (χ1v) is 9.23. The summed E-state index contributed by atoms with van der Waals surface area (Å²) in [4.78, 5) is 23.8. The molecule has 2 amide bonds. The van der Waals surface area contributed by atoms with Crippen LogP contribution in [0.25, 0.3) is 0 Å². The Balaban J connectivity index is 1.79. The van der Waals surface area contributed by atoms with Crippen molar-refractivity contribution in [2.75, 3.05) is 17.2 Å². The van der Waals surface area contributed by atoms with Gasteiger partial charge in [-0.1, -0.05) is 12.1 Å². The molecule has 2 N–H and O–H groups in total. The second-order valence-electron chi connectivity index (χ2n) is 7.55. The number of hydrogen-bond acceptors (Lipinski definition) is 4. The van der Waals surface area contributed by atoms with E-state index in [1.54, 1.807) is 45.0 Å². The van der Waals surface area contributed by atoms with Crippen molar-refractivity contribution in [2.24, 2.45) is 0 Å². The van der Waals surface area contributed by atoms with E-state index in [2.05, 4.69) is 10.6 Å². The van der Waals surface area contributed by atoms with E-state index in [9.17, 15) is 9.59 Å². The second-order valence-corrected chi connectivity index (χ2v) is 7.55. The van der Waals surface area contributed by atoms with E-state index in [4.69, 9.17) is 9.47 Å². The summed E-state index contributed by atoms with van der Waals surface area (Å²) in [5.41, 5.74) is 2.91. The highest BCUT2D eigenvalue weighted by atomic mass is 16.6. The third-order valence-corrected chi connectivity index (χ3v) is 3.96. The van der Waals surface area contributed by atoms with Gasteiger partial charge in [0.2, 0.25) is 5.91 Å². The van der Waals surface area contributed by atoms with E-state index in [-0.39, 0.29) is 12.3 Å². The smallest absolute Gasteiger partial charge is 0.412 e. The van der Waals surface area contributed by atoms with Crippen LogP contribution in [-0.4, -0.2) is 24.2 Å². The van der Waals surface area contributed by atoms with Gasteiger partial charge in [0.25, 0.3) is 0 Å². The van der Waals surface area contributed by atoms with Crippen molar-refractivity contribution in [3.63, 3.8) is 0 Å². The van der Waals surface area contributed by atoms with E-state index in [1.165, 1.54) is 0 Å². The number of ether oxygens (including phenoxy) is 2. The van der Waals surface area contributed by atoms with Crippen LogP contribution < -0.4 is 15.4 Å². The molecule has 0 unspecified atom stereocenters. The largest absolute Gasteiger partial charge is 0.493 e. The fraction of sp³-hybridized carbons (Fsp3) is 0.364. The zero-order valence-corrected chi connectivity index (χ0v) is 17.1. The number of nitrogens with one attached hydrogen (secondary N) is 2. The second kappa shape index (κ2) is 9.26. The molecule has 0 bridgehead atoms. The topological polar surface area (TPSA) is 76.7 Å². The zero-order chi connectivity index (χ0) is 20.7. The summed E-state index contributed by atoms with van der Waals surface area (Å²) in [6.07, 6.45) is -0.279. The molecule has 0 aliphatic rings. The normalized spacial score (nSPS) is 10.9. The first-order valence-electron chi connectivity index (χ1n) is 9.23. The Morgan fingerprint density at radius 2 is 1.54 bits per heavy atom. The van der Waals surface area contributed by atoms with Crippen LogP contribution in [0.1, 0.15) is 38.3 Å². The van der Waals surface area contributed by atoms with Crippen LogP contribution >= 0.6 is 0 Å². The lowest BCUT2D eigenvalue weighted by atomic mass is 10.1. The number of aryl methyl sites for hydroxylation is 1.